The van der Waals surface area contributed by atoms with Crippen LogP contribution in [0.2, 0.25) is 0 Å². The summed E-state index contributed by atoms with van der Waals surface area (Å²) in [5, 5.41) is 0. The SMILES string of the molecule is O=C(/C=C/c1ccccc1F)OCC(=O)c1ccc2c(c1)OCCCO2. The third-order valence-electron chi connectivity index (χ3n) is 3.72. The second-order valence-corrected chi connectivity index (χ2v) is 5.60. The Morgan fingerprint density at radius 2 is 1.85 bits per heavy atom. The zero-order chi connectivity index (χ0) is 18.4. The lowest BCUT2D eigenvalue weighted by Crippen LogP contribution is -2.12. The van der Waals surface area contributed by atoms with Gasteiger partial charge in [-0.05, 0) is 30.3 Å². The molecule has 0 saturated carbocycles. The average Bonchev–Trinajstić information content (AvgIpc) is 2.90. The molecule has 0 N–H and O–H groups in total. The van der Waals surface area contributed by atoms with E-state index >= 15 is 0 Å². The van der Waals surface area contributed by atoms with Gasteiger partial charge in [0, 0.05) is 23.6 Å². The van der Waals surface area contributed by atoms with E-state index < -0.39 is 18.4 Å². The van der Waals surface area contributed by atoms with Gasteiger partial charge in [0.15, 0.2) is 23.9 Å². The molecule has 0 saturated heterocycles. The molecular formula is C20H17FO5. The summed E-state index contributed by atoms with van der Waals surface area (Å²) in [6, 6.07) is 10.9. The van der Waals surface area contributed by atoms with Crippen LogP contribution < -0.4 is 9.47 Å². The van der Waals surface area contributed by atoms with Gasteiger partial charge in [-0.1, -0.05) is 18.2 Å². The first kappa shape index (κ1) is 17.7. The van der Waals surface area contributed by atoms with Crippen LogP contribution in [0.25, 0.3) is 6.08 Å². The Hall–Kier alpha value is -3.15. The first-order valence-electron chi connectivity index (χ1n) is 8.16. The lowest BCUT2D eigenvalue weighted by Gasteiger charge is -2.08. The molecule has 134 valence electrons. The predicted molar refractivity (Wildman–Crippen MR) is 92.8 cm³/mol. The van der Waals surface area contributed by atoms with Gasteiger partial charge in [0.25, 0.3) is 0 Å². The minimum Gasteiger partial charge on any atom is -0.490 e. The van der Waals surface area contributed by atoms with Crippen LogP contribution in [0.4, 0.5) is 4.39 Å². The number of fused-ring (bicyclic) bond motifs is 1. The molecule has 1 heterocycles. The second-order valence-electron chi connectivity index (χ2n) is 5.60. The largest absolute Gasteiger partial charge is 0.490 e. The van der Waals surface area contributed by atoms with Gasteiger partial charge in [0.1, 0.15) is 5.82 Å². The van der Waals surface area contributed by atoms with Gasteiger partial charge in [-0.15, -0.1) is 0 Å². The van der Waals surface area contributed by atoms with Gasteiger partial charge in [-0.2, -0.15) is 0 Å². The monoisotopic (exact) mass is 356 g/mol. The Kier molecular flexibility index (Phi) is 5.63. The molecule has 0 aliphatic carbocycles. The predicted octanol–water partition coefficient (Wildman–Crippen LogP) is 3.43. The highest BCUT2D eigenvalue weighted by atomic mass is 19.1. The Balaban J connectivity index is 1.57. The molecular weight excluding hydrogens is 339 g/mol. The van der Waals surface area contributed by atoms with Gasteiger partial charge < -0.3 is 14.2 Å². The lowest BCUT2D eigenvalue weighted by molar-refractivity contribution is -0.136. The molecule has 0 fully saturated rings. The fourth-order valence-electron chi connectivity index (χ4n) is 2.37. The van der Waals surface area contributed by atoms with E-state index in [-0.39, 0.29) is 11.3 Å². The number of esters is 1. The van der Waals surface area contributed by atoms with Crippen LogP contribution in [0.15, 0.2) is 48.5 Å². The highest BCUT2D eigenvalue weighted by Gasteiger charge is 2.15. The number of Topliss-reactive ketones (excluding diaryl/α,β-unsaturated/α-hetero) is 1. The normalized spacial score (nSPS) is 13.3. The maximum absolute atomic E-state index is 13.5. The average molecular weight is 356 g/mol. The van der Waals surface area contributed by atoms with Crippen molar-refractivity contribution in [2.24, 2.45) is 0 Å². The van der Waals surface area contributed by atoms with Crippen molar-refractivity contribution in [3.8, 4) is 11.5 Å². The number of carbonyl (C=O) groups is 2. The number of ketones is 1. The van der Waals surface area contributed by atoms with Crippen LogP contribution in [0, 0.1) is 5.82 Å². The third kappa shape index (κ3) is 4.47. The maximum Gasteiger partial charge on any atom is 0.331 e. The van der Waals surface area contributed by atoms with Crippen molar-refractivity contribution in [3.63, 3.8) is 0 Å². The highest BCUT2D eigenvalue weighted by molar-refractivity contribution is 5.99. The van der Waals surface area contributed by atoms with E-state index in [1.54, 1.807) is 30.3 Å². The standard InChI is InChI=1S/C20H17FO5/c21-16-5-2-1-4-14(16)7-9-20(23)26-13-17(22)15-6-8-18-19(12-15)25-11-3-10-24-18/h1-2,4-9,12H,3,10-11,13H2/b9-7+. The minimum absolute atomic E-state index is 0.263. The molecule has 6 heteroatoms. The first-order chi connectivity index (χ1) is 12.6. The molecule has 0 amide bonds. The number of halogens is 1. The van der Waals surface area contributed by atoms with Gasteiger partial charge in [0.05, 0.1) is 13.2 Å². The topological polar surface area (TPSA) is 61.8 Å². The quantitative estimate of drug-likeness (QED) is 0.467. The Morgan fingerprint density at radius 3 is 2.65 bits per heavy atom. The van der Waals surface area contributed by atoms with Crippen molar-refractivity contribution in [2.45, 2.75) is 6.42 Å². The van der Waals surface area contributed by atoms with Crippen molar-refractivity contribution in [2.75, 3.05) is 19.8 Å². The van der Waals surface area contributed by atoms with E-state index in [9.17, 15) is 14.0 Å². The van der Waals surface area contributed by atoms with Crippen molar-refractivity contribution < 1.29 is 28.2 Å². The zero-order valence-electron chi connectivity index (χ0n) is 13.9. The summed E-state index contributed by atoms with van der Waals surface area (Å²) < 4.78 is 29.4. The minimum atomic E-state index is -0.726. The van der Waals surface area contributed by atoms with Crippen LogP contribution in [-0.4, -0.2) is 31.6 Å². The molecule has 0 atom stereocenters. The molecule has 3 rings (SSSR count). The van der Waals surface area contributed by atoms with Crippen molar-refractivity contribution in [1.29, 1.82) is 0 Å². The fourth-order valence-corrected chi connectivity index (χ4v) is 2.37. The molecule has 0 aromatic heterocycles. The summed E-state index contributed by atoms with van der Waals surface area (Å²) in [4.78, 5) is 23.9. The maximum atomic E-state index is 13.5. The van der Waals surface area contributed by atoms with Crippen LogP contribution in [0.3, 0.4) is 0 Å². The molecule has 2 aromatic rings. The number of hydrogen-bond donors (Lipinski definition) is 0. The molecule has 1 aliphatic rings. The molecule has 26 heavy (non-hydrogen) atoms. The van der Waals surface area contributed by atoms with E-state index in [4.69, 9.17) is 14.2 Å². The zero-order valence-corrected chi connectivity index (χ0v) is 13.9. The van der Waals surface area contributed by atoms with Gasteiger partial charge in [-0.3, -0.25) is 4.79 Å². The molecule has 1 aliphatic heterocycles. The summed E-state index contributed by atoms with van der Waals surface area (Å²) in [5.74, 6) is -0.452. The summed E-state index contributed by atoms with van der Waals surface area (Å²) in [5.41, 5.74) is 0.624. The number of ether oxygens (including phenoxy) is 3. The van der Waals surface area contributed by atoms with Crippen LogP contribution in [-0.2, 0) is 9.53 Å². The number of rotatable bonds is 5. The third-order valence-corrected chi connectivity index (χ3v) is 3.72. The fraction of sp³-hybridized carbons (Fsp3) is 0.200. The molecule has 0 bridgehead atoms. The van der Waals surface area contributed by atoms with Gasteiger partial charge >= 0.3 is 5.97 Å². The van der Waals surface area contributed by atoms with Gasteiger partial charge in [0.2, 0.25) is 0 Å². The highest BCUT2D eigenvalue weighted by Crippen LogP contribution is 2.30. The van der Waals surface area contributed by atoms with Crippen LogP contribution in [0.5, 0.6) is 11.5 Å². The molecule has 0 spiro atoms. The molecule has 0 unspecified atom stereocenters. The van der Waals surface area contributed by atoms with E-state index in [1.807, 2.05) is 0 Å². The van der Waals surface area contributed by atoms with Crippen molar-refractivity contribution in [3.05, 3.63) is 65.5 Å². The second kappa shape index (κ2) is 8.29. The van der Waals surface area contributed by atoms with Crippen LogP contribution >= 0.6 is 0 Å². The molecule has 0 radical (unpaired) electrons. The van der Waals surface area contributed by atoms with E-state index in [2.05, 4.69) is 0 Å². The Labute approximate surface area is 150 Å². The summed E-state index contributed by atoms with van der Waals surface area (Å²) in [7, 11) is 0. The smallest absolute Gasteiger partial charge is 0.331 e. The van der Waals surface area contributed by atoms with Crippen molar-refractivity contribution in [1.82, 2.24) is 0 Å². The number of benzene rings is 2. The first-order valence-corrected chi connectivity index (χ1v) is 8.16. The van der Waals surface area contributed by atoms with E-state index in [0.29, 0.717) is 30.3 Å². The summed E-state index contributed by atoms with van der Waals surface area (Å²) >= 11 is 0. The Morgan fingerprint density at radius 1 is 1.08 bits per heavy atom. The Bertz CT molecular complexity index is 844. The number of carbonyl (C=O) groups excluding carboxylic acids is 2. The van der Waals surface area contributed by atoms with E-state index in [0.717, 1.165) is 12.5 Å². The van der Waals surface area contributed by atoms with Gasteiger partial charge in [-0.25, -0.2) is 9.18 Å². The van der Waals surface area contributed by atoms with E-state index in [1.165, 1.54) is 18.2 Å². The summed E-state index contributed by atoms with van der Waals surface area (Å²) in [6.45, 7) is 0.660. The molecule has 5 nitrogen and oxygen atoms in total. The molecule has 2 aromatic carbocycles. The van der Waals surface area contributed by atoms with Crippen LogP contribution in [0.1, 0.15) is 22.3 Å². The summed E-state index contributed by atoms with van der Waals surface area (Å²) in [6.07, 6.45) is 3.15. The van der Waals surface area contributed by atoms with Crippen molar-refractivity contribution >= 4 is 17.8 Å². The number of hydrogen-bond acceptors (Lipinski definition) is 5. The lowest BCUT2D eigenvalue weighted by atomic mass is 10.1.